The normalized spacial score (nSPS) is 23.2. The van der Waals surface area contributed by atoms with Gasteiger partial charge in [0.15, 0.2) is 0 Å². The van der Waals surface area contributed by atoms with Crippen LogP contribution in [0.1, 0.15) is 25.3 Å². The first-order valence-electron chi connectivity index (χ1n) is 6.34. The molecule has 2 nitrogen and oxygen atoms in total. The average Bonchev–Trinajstić information content (AvgIpc) is 3.10. The number of anilines is 1. The van der Waals surface area contributed by atoms with Crippen molar-refractivity contribution in [2.24, 2.45) is 0 Å². The van der Waals surface area contributed by atoms with Crippen molar-refractivity contribution in [3.63, 3.8) is 0 Å². The first kappa shape index (κ1) is 10.2. The molecule has 3 rings (SSSR count). The molecule has 1 heterocycles. The highest BCUT2D eigenvalue weighted by molar-refractivity contribution is 5.51. The molecule has 1 aromatic rings. The predicted octanol–water partition coefficient (Wildman–Crippen LogP) is 2.15. The Morgan fingerprint density at radius 3 is 2.62 bits per heavy atom. The molecular formula is C14H20N2. The standard InChI is InChI=1S/C14H20N2/c1-14(5-6-14)12-3-2-4-13(11-12)16-9-7-15-8-10-16/h2-4,11,15H,5-10H2,1H3. The van der Waals surface area contributed by atoms with Gasteiger partial charge in [0.25, 0.3) is 0 Å². The Balaban J connectivity index is 1.84. The topological polar surface area (TPSA) is 15.3 Å². The summed E-state index contributed by atoms with van der Waals surface area (Å²) in [5.41, 5.74) is 3.43. The fourth-order valence-corrected chi connectivity index (χ4v) is 2.48. The van der Waals surface area contributed by atoms with E-state index in [9.17, 15) is 0 Å². The summed E-state index contributed by atoms with van der Waals surface area (Å²) in [6.45, 7) is 6.88. The Kier molecular flexibility index (Phi) is 2.40. The Labute approximate surface area is 97.6 Å². The minimum Gasteiger partial charge on any atom is -0.369 e. The number of nitrogens with zero attached hydrogens (tertiary/aromatic N) is 1. The molecule has 86 valence electrons. The van der Waals surface area contributed by atoms with E-state index < -0.39 is 0 Å². The van der Waals surface area contributed by atoms with Gasteiger partial charge in [-0.2, -0.15) is 0 Å². The van der Waals surface area contributed by atoms with E-state index in [2.05, 4.69) is 41.4 Å². The summed E-state index contributed by atoms with van der Waals surface area (Å²) in [5, 5.41) is 3.40. The second-order valence-electron chi connectivity index (χ2n) is 5.35. The third-order valence-electron chi connectivity index (χ3n) is 4.03. The van der Waals surface area contributed by atoms with Crippen LogP contribution >= 0.6 is 0 Å². The van der Waals surface area contributed by atoms with Crippen LogP contribution in [0.3, 0.4) is 0 Å². The van der Waals surface area contributed by atoms with Crippen molar-refractivity contribution in [2.45, 2.75) is 25.2 Å². The van der Waals surface area contributed by atoms with Gasteiger partial charge in [0.2, 0.25) is 0 Å². The summed E-state index contributed by atoms with van der Waals surface area (Å²) < 4.78 is 0. The number of piperazine rings is 1. The monoisotopic (exact) mass is 216 g/mol. The van der Waals surface area contributed by atoms with Crippen molar-refractivity contribution in [1.29, 1.82) is 0 Å². The molecule has 0 aromatic heterocycles. The van der Waals surface area contributed by atoms with Gasteiger partial charge in [0.1, 0.15) is 0 Å². The maximum absolute atomic E-state index is 3.40. The lowest BCUT2D eigenvalue weighted by molar-refractivity contribution is 0.589. The van der Waals surface area contributed by atoms with Gasteiger partial charge in [-0.3, -0.25) is 0 Å². The summed E-state index contributed by atoms with van der Waals surface area (Å²) in [7, 11) is 0. The molecule has 2 heteroatoms. The van der Waals surface area contributed by atoms with Crippen molar-refractivity contribution < 1.29 is 0 Å². The molecule has 2 fully saturated rings. The Bertz CT molecular complexity index is 376. The molecule has 1 aromatic carbocycles. The summed E-state index contributed by atoms with van der Waals surface area (Å²) in [6, 6.07) is 9.16. The van der Waals surface area contributed by atoms with Crippen LogP contribution in [0.25, 0.3) is 0 Å². The first-order chi connectivity index (χ1) is 7.78. The van der Waals surface area contributed by atoms with Crippen LogP contribution in [-0.4, -0.2) is 26.2 Å². The van der Waals surface area contributed by atoms with E-state index in [0.29, 0.717) is 5.41 Å². The predicted molar refractivity (Wildman–Crippen MR) is 68.1 cm³/mol. The number of hydrogen-bond donors (Lipinski definition) is 1. The van der Waals surface area contributed by atoms with Crippen molar-refractivity contribution in [2.75, 3.05) is 31.1 Å². The molecule has 2 aliphatic rings. The maximum atomic E-state index is 3.40. The molecule has 1 N–H and O–H groups in total. The van der Waals surface area contributed by atoms with Crippen LogP contribution in [0.4, 0.5) is 5.69 Å². The second kappa shape index (κ2) is 3.77. The minimum atomic E-state index is 0.490. The quantitative estimate of drug-likeness (QED) is 0.815. The van der Waals surface area contributed by atoms with Crippen LogP contribution in [0.2, 0.25) is 0 Å². The van der Waals surface area contributed by atoms with E-state index >= 15 is 0 Å². The van der Waals surface area contributed by atoms with Gasteiger partial charge in [-0.1, -0.05) is 19.1 Å². The average molecular weight is 216 g/mol. The highest BCUT2D eigenvalue weighted by atomic mass is 15.2. The molecule has 0 radical (unpaired) electrons. The van der Waals surface area contributed by atoms with Crippen LogP contribution in [0.15, 0.2) is 24.3 Å². The number of nitrogens with one attached hydrogen (secondary N) is 1. The zero-order chi connectivity index (χ0) is 11.0. The van der Waals surface area contributed by atoms with Crippen LogP contribution in [-0.2, 0) is 5.41 Å². The Morgan fingerprint density at radius 2 is 1.94 bits per heavy atom. The third-order valence-corrected chi connectivity index (χ3v) is 4.03. The molecule has 16 heavy (non-hydrogen) atoms. The molecule has 0 amide bonds. The summed E-state index contributed by atoms with van der Waals surface area (Å²) in [5.74, 6) is 0. The van der Waals surface area contributed by atoms with E-state index in [1.54, 1.807) is 0 Å². The lowest BCUT2D eigenvalue weighted by atomic mass is 9.98. The fraction of sp³-hybridized carbons (Fsp3) is 0.571. The molecule has 0 atom stereocenters. The molecule has 1 aliphatic carbocycles. The van der Waals surface area contributed by atoms with E-state index in [0.717, 1.165) is 26.2 Å². The highest BCUT2D eigenvalue weighted by Crippen LogP contribution is 2.48. The van der Waals surface area contributed by atoms with Crippen LogP contribution < -0.4 is 10.2 Å². The van der Waals surface area contributed by atoms with Gasteiger partial charge in [-0.15, -0.1) is 0 Å². The summed E-state index contributed by atoms with van der Waals surface area (Å²) in [6.07, 6.45) is 2.72. The number of rotatable bonds is 2. The van der Waals surface area contributed by atoms with Crippen molar-refractivity contribution in [1.82, 2.24) is 5.32 Å². The van der Waals surface area contributed by atoms with Crippen molar-refractivity contribution in [3.05, 3.63) is 29.8 Å². The number of hydrogen-bond acceptors (Lipinski definition) is 2. The summed E-state index contributed by atoms with van der Waals surface area (Å²) in [4.78, 5) is 2.49. The molecule has 0 unspecified atom stereocenters. The SMILES string of the molecule is CC1(c2cccc(N3CCNCC3)c2)CC1. The highest BCUT2D eigenvalue weighted by Gasteiger charge is 2.39. The van der Waals surface area contributed by atoms with E-state index in [1.165, 1.54) is 24.1 Å². The molecule has 0 bridgehead atoms. The molecule has 1 saturated heterocycles. The zero-order valence-electron chi connectivity index (χ0n) is 10.00. The van der Waals surface area contributed by atoms with Crippen LogP contribution in [0.5, 0.6) is 0 Å². The van der Waals surface area contributed by atoms with Crippen LogP contribution in [0, 0.1) is 0 Å². The lowest BCUT2D eigenvalue weighted by Gasteiger charge is -2.30. The molecular weight excluding hydrogens is 196 g/mol. The summed E-state index contributed by atoms with van der Waals surface area (Å²) >= 11 is 0. The fourth-order valence-electron chi connectivity index (χ4n) is 2.48. The zero-order valence-corrected chi connectivity index (χ0v) is 10.00. The van der Waals surface area contributed by atoms with Crippen molar-refractivity contribution in [3.8, 4) is 0 Å². The smallest absolute Gasteiger partial charge is 0.0370 e. The number of benzene rings is 1. The van der Waals surface area contributed by atoms with E-state index in [1.807, 2.05) is 0 Å². The minimum absolute atomic E-state index is 0.490. The maximum Gasteiger partial charge on any atom is 0.0370 e. The molecule has 1 saturated carbocycles. The first-order valence-corrected chi connectivity index (χ1v) is 6.34. The molecule has 1 aliphatic heterocycles. The van der Waals surface area contributed by atoms with Gasteiger partial charge in [0, 0.05) is 31.9 Å². The van der Waals surface area contributed by atoms with Gasteiger partial charge < -0.3 is 10.2 Å². The molecule has 0 spiro atoms. The van der Waals surface area contributed by atoms with Gasteiger partial charge in [0.05, 0.1) is 0 Å². The van der Waals surface area contributed by atoms with E-state index in [4.69, 9.17) is 0 Å². The van der Waals surface area contributed by atoms with Gasteiger partial charge >= 0.3 is 0 Å². The van der Waals surface area contributed by atoms with Gasteiger partial charge in [-0.25, -0.2) is 0 Å². The second-order valence-corrected chi connectivity index (χ2v) is 5.35. The Morgan fingerprint density at radius 1 is 1.19 bits per heavy atom. The lowest BCUT2D eigenvalue weighted by Crippen LogP contribution is -2.43. The van der Waals surface area contributed by atoms with Gasteiger partial charge in [-0.05, 0) is 36.0 Å². The largest absolute Gasteiger partial charge is 0.369 e. The van der Waals surface area contributed by atoms with E-state index in [-0.39, 0.29) is 0 Å². The third kappa shape index (κ3) is 1.82. The Hall–Kier alpha value is -1.02. The van der Waals surface area contributed by atoms with Crippen molar-refractivity contribution >= 4 is 5.69 Å².